The first-order valence-corrected chi connectivity index (χ1v) is 9.21. The molecule has 3 aromatic rings. The summed E-state index contributed by atoms with van der Waals surface area (Å²) in [7, 11) is 5.71. The number of hydrogen-bond acceptors (Lipinski definition) is 4. The summed E-state index contributed by atoms with van der Waals surface area (Å²) in [6.07, 6.45) is -2.27. The van der Waals surface area contributed by atoms with Crippen LogP contribution in [0.4, 0.5) is 29.3 Å². The summed E-state index contributed by atoms with van der Waals surface area (Å²) in [5.74, 6) is 0. The summed E-state index contributed by atoms with van der Waals surface area (Å²) in [5.41, 5.74) is -0.924. The third-order valence-electron chi connectivity index (χ3n) is 3.83. The Bertz CT molecular complexity index is 1180. The molecule has 158 valence electrons. The van der Waals surface area contributed by atoms with E-state index in [2.05, 4.69) is 20.7 Å². The molecule has 0 spiro atoms. The van der Waals surface area contributed by atoms with E-state index in [1.54, 1.807) is 18.2 Å². The first kappa shape index (κ1) is 22.6. The molecule has 0 fully saturated rings. The molecule has 2 radical (unpaired) electrons. The van der Waals surface area contributed by atoms with Crippen molar-refractivity contribution in [1.82, 2.24) is 14.8 Å². The van der Waals surface area contributed by atoms with Crippen LogP contribution in [-0.4, -0.2) is 34.8 Å². The molecule has 0 saturated carbocycles. The topological polar surface area (TPSA) is 88.9 Å². The molecule has 13 heteroatoms. The standard InChI is InChI=1S/C18H11BCl2F3N5O2/c19-10-3-1-2-9(4-10)13-5-14(16(30)29(28-13)8-18(22,23)24)26-17(31)27-15-11(20)6-25-7-12(15)21/h1-7H,8H2,(H2,25,26,27,31). The summed E-state index contributed by atoms with van der Waals surface area (Å²) in [4.78, 5) is 28.6. The fourth-order valence-corrected chi connectivity index (χ4v) is 3.00. The van der Waals surface area contributed by atoms with E-state index in [1.165, 1.54) is 18.5 Å². The molecule has 2 heterocycles. The van der Waals surface area contributed by atoms with Gasteiger partial charge in [0.25, 0.3) is 5.56 Å². The van der Waals surface area contributed by atoms with Crippen molar-refractivity contribution in [3.8, 4) is 11.3 Å². The third-order valence-corrected chi connectivity index (χ3v) is 4.40. The second kappa shape index (κ2) is 8.99. The SMILES string of the molecule is [B]c1cccc(-c2cc(NC(=O)Nc3c(Cl)cncc3Cl)c(=O)n(CC(F)(F)F)n2)c1. The van der Waals surface area contributed by atoms with E-state index in [4.69, 9.17) is 31.0 Å². The quantitative estimate of drug-likeness (QED) is 0.573. The highest BCUT2D eigenvalue weighted by Crippen LogP contribution is 2.28. The van der Waals surface area contributed by atoms with E-state index in [-0.39, 0.29) is 26.1 Å². The number of anilines is 2. The van der Waals surface area contributed by atoms with Crippen molar-refractivity contribution in [2.45, 2.75) is 12.7 Å². The molecule has 2 N–H and O–H groups in total. The van der Waals surface area contributed by atoms with Crippen LogP contribution in [0.15, 0.2) is 47.5 Å². The first-order chi connectivity index (χ1) is 14.5. The van der Waals surface area contributed by atoms with E-state index in [9.17, 15) is 22.8 Å². The van der Waals surface area contributed by atoms with E-state index in [0.29, 0.717) is 11.0 Å². The maximum absolute atomic E-state index is 12.9. The number of pyridine rings is 1. The van der Waals surface area contributed by atoms with Crippen LogP contribution in [0.1, 0.15) is 0 Å². The van der Waals surface area contributed by atoms with Crippen molar-refractivity contribution in [3.05, 3.63) is 63.1 Å². The average molecular weight is 468 g/mol. The second-order valence-electron chi connectivity index (χ2n) is 6.20. The lowest BCUT2D eigenvalue weighted by molar-refractivity contribution is -0.143. The number of nitrogens with zero attached hydrogens (tertiary/aromatic N) is 3. The van der Waals surface area contributed by atoms with Crippen molar-refractivity contribution >= 4 is 53.9 Å². The normalized spacial score (nSPS) is 11.3. The number of benzene rings is 1. The van der Waals surface area contributed by atoms with Crippen LogP contribution < -0.4 is 21.7 Å². The van der Waals surface area contributed by atoms with Crippen LogP contribution >= 0.6 is 23.2 Å². The molecular formula is C18H11BCl2F3N5O2. The molecule has 0 saturated heterocycles. The van der Waals surface area contributed by atoms with Gasteiger partial charge in [-0.1, -0.05) is 52.9 Å². The van der Waals surface area contributed by atoms with Crippen LogP contribution in [0.5, 0.6) is 0 Å². The molecule has 0 aliphatic carbocycles. The summed E-state index contributed by atoms with van der Waals surface area (Å²) >= 11 is 11.8. The van der Waals surface area contributed by atoms with Gasteiger partial charge >= 0.3 is 12.2 Å². The Morgan fingerprint density at radius 2 is 1.81 bits per heavy atom. The Morgan fingerprint density at radius 3 is 2.42 bits per heavy atom. The highest BCUT2D eigenvalue weighted by atomic mass is 35.5. The minimum absolute atomic E-state index is 0.00794. The number of halogens is 5. The van der Waals surface area contributed by atoms with Gasteiger partial charge in [0.2, 0.25) is 0 Å². The predicted octanol–water partition coefficient (Wildman–Crippen LogP) is 3.61. The fourth-order valence-electron chi connectivity index (χ4n) is 2.55. The van der Waals surface area contributed by atoms with Crippen LogP contribution in [-0.2, 0) is 6.54 Å². The molecule has 2 amide bonds. The zero-order valence-corrected chi connectivity index (χ0v) is 16.9. The van der Waals surface area contributed by atoms with E-state index in [0.717, 1.165) is 6.07 Å². The largest absolute Gasteiger partial charge is 0.408 e. The molecule has 2 aromatic heterocycles. The van der Waals surface area contributed by atoms with Crippen LogP contribution in [0, 0.1) is 0 Å². The Hall–Kier alpha value is -3.05. The van der Waals surface area contributed by atoms with Gasteiger partial charge in [0.05, 0.1) is 21.4 Å². The molecule has 0 aliphatic rings. The Labute approximate surface area is 184 Å². The maximum Gasteiger partial charge on any atom is 0.408 e. The van der Waals surface area contributed by atoms with Crippen LogP contribution in [0.25, 0.3) is 11.3 Å². The van der Waals surface area contributed by atoms with Gasteiger partial charge in [-0.2, -0.15) is 18.3 Å². The zero-order chi connectivity index (χ0) is 22.8. The second-order valence-corrected chi connectivity index (χ2v) is 7.02. The minimum atomic E-state index is -4.72. The third kappa shape index (κ3) is 5.77. The van der Waals surface area contributed by atoms with Crippen molar-refractivity contribution in [2.24, 2.45) is 0 Å². The van der Waals surface area contributed by atoms with E-state index in [1.807, 2.05) is 0 Å². The Kier molecular flexibility index (Phi) is 6.56. The number of aromatic nitrogens is 3. The lowest BCUT2D eigenvalue weighted by Crippen LogP contribution is -2.34. The zero-order valence-electron chi connectivity index (χ0n) is 15.4. The van der Waals surface area contributed by atoms with E-state index >= 15 is 0 Å². The van der Waals surface area contributed by atoms with Gasteiger partial charge in [-0.05, 0) is 6.07 Å². The maximum atomic E-state index is 12.9. The Balaban J connectivity index is 2.00. The summed E-state index contributed by atoms with van der Waals surface area (Å²) < 4.78 is 39.0. The van der Waals surface area contributed by atoms with E-state index < -0.39 is 30.0 Å². The molecule has 3 rings (SSSR count). The van der Waals surface area contributed by atoms with Gasteiger partial charge in [-0.25, -0.2) is 9.48 Å². The van der Waals surface area contributed by atoms with Gasteiger partial charge in [0.1, 0.15) is 20.1 Å². The number of carbonyl (C=O) groups is 1. The molecular weight excluding hydrogens is 457 g/mol. The minimum Gasteiger partial charge on any atom is -0.305 e. The van der Waals surface area contributed by atoms with Gasteiger partial charge in [-0.15, -0.1) is 0 Å². The molecule has 0 atom stereocenters. The number of nitrogens with one attached hydrogen (secondary N) is 2. The lowest BCUT2D eigenvalue weighted by Gasteiger charge is -2.14. The summed E-state index contributed by atoms with van der Waals surface area (Å²) in [5, 5.41) is 8.33. The molecule has 1 aromatic carbocycles. The lowest BCUT2D eigenvalue weighted by atomic mass is 9.93. The predicted molar refractivity (Wildman–Crippen MR) is 112 cm³/mol. The van der Waals surface area contributed by atoms with Crippen molar-refractivity contribution in [3.63, 3.8) is 0 Å². The number of hydrogen-bond donors (Lipinski definition) is 2. The van der Waals surface area contributed by atoms with Gasteiger partial charge < -0.3 is 10.6 Å². The average Bonchev–Trinajstić information content (AvgIpc) is 2.67. The molecule has 0 bridgehead atoms. The number of amides is 2. The van der Waals surface area contributed by atoms with Gasteiger partial charge in [0, 0.05) is 18.0 Å². The van der Waals surface area contributed by atoms with Gasteiger partial charge in [0.15, 0.2) is 0 Å². The van der Waals surface area contributed by atoms with Crippen molar-refractivity contribution in [2.75, 3.05) is 10.6 Å². The number of carbonyl (C=O) groups excluding carboxylic acids is 1. The summed E-state index contributed by atoms with van der Waals surface area (Å²) in [6, 6.07) is 6.32. The summed E-state index contributed by atoms with van der Waals surface area (Å²) in [6.45, 7) is -1.65. The number of urea groups is 1. The van der Waals surface area contributed by atoms with Crippen molar-refractivity contribution < 1.29 is 18.0 Å². The number of alkyl halides is 3. The smallest absolute Gasteiger partial charge is 0.305 e. The molecule has 7 nitrogen and oxygen atoms in total. The first-order valence-electron chi connectivity index (χ1n) is 8.45. The highest BCUT2D eigenvalue weighted by Gasteiger charge is 2.30. The van der Waals surface area contributed by atoms with Gasteiger partial charge in [-0.3, -0.25) is 9.78 Å². The number of rotatable bonds is 4. The Morgan fingerprint density at radius 1 is 1.13 bits per heavy atom. The van der Waals surface area contributed by atoms with Crippen LogP contribution in [0.3, 0.4) is 0 Å². The fraction of sp³-hybridized carbons (Fsp3) is 0.111. The molecule has 31 heavy (non-hydrogen) atoms. The van der Waals surface area contributed by atoms with Crippen LogP contribution in [0.2, 0.25) is 10.0 Å². The monoisotopic (exact) mass is 467 g/mol. The highest BCUT2D eigenvalue weighted by molar-refractivity contribution is 6.39. The molecule has 0 aliphatic heterocycles. The van der Waals surface area contributed by atoms with Crippen molar-refractivity contribution in [1.29, 1.82) is 0 Å². The molecule has 0 unspecified atom stereocenters.